The fourth-order valence-corrected chi connectivity index (χ4v) is 2.38. The lowest BCUT2D eigenvalue weighted by Gasteiger charge is -2.09. The van der Waals surface area contributed by atoms with Crippen molar-refractivity contribution in [3.63, 3.8) is 0 Å². The first kappa shape index (κ1) is 13.3. The standard InChI is InChI=1S/C14H16N2O3/c1-3-19-13(18)6-7-16-9-10-8-11(17)4-5-12(10)14(16)15-2/h9H,3-8H2,1H3. The van der Waals surface area contributed by atoms with Crippen LogP contribution in [0.5, 0.6) is 0 Å². The first-order chi connectivity index (χ1) is 9.15. The Labute approximate surface area is 112 Å². The van der Waals surface area contributed by atoms with E-state index in [1.807, 2.05) is 6.20 Å². The number of rotatable bonds is 4. The van der Waals surface area contributed by atoms with Crippen molar-refractivity contribution in [2.45, 2.75) is 39.2 Å². The summed E-state index contributed by atoms with van der Waals surface area (Å²) in [5, 5.41) is 0. The van der Waals surface area contributed by atoms with Gasteiger partial charge in [0.2, 0.25) is 5.82 Å². The molecule has 19 heavy (non-hydrogen) atoms. The summed E-state index contributed by atoms with van der Waals surface area (Å²) in [6.45, 7) is 9.82. The lowest BCUT2D eigenvalue weighted by atomic mass is 9.94. The van der Waals surface area contributed by atoms with Gasteiger partial charge >= 0.3 is 5.97 Å². The maximum Gasteiger partial charge on any atom is 0.309 e. The first-order valence-corrected chi connectivity index (χ1v) is 6.41. The largest absolute Gasteiger partial charge is 0.466 e. The molecule has 0 saturated heterocycles. The van der Waals surface area contributed by atoms with E-state index in [0.29, 0.717) is 38.2 Å². The number of Topliss-reactive ketones (excluding diaryl/α,β-unsaturated/α-hetero) is 1. The summed E-state index contributed by atoms with van der Waals surface area (Å²) in [4.78, 5) is 26.3. The topological polar surface area (TPSA) is 52.7 Å². The Bertz CT molecular complexity index is 552. The number of fused-ring (bicyclic) bond motifs is 1. The fraction of sp³-hybridized carbons (Fsp3) is 0.500. The lowest BCUT2D eigenvalue weighted by molar-refractivity contribution is -0.143. The van der Waals surface area contributed by atoms with Crippen LogP contribution in [0.15, 0.2) is 6.20 Å². The zero-order chi connectivity index (χ0) is 13.8. The number of aromatic nitrogens is 1. The maximum absolute atomic E-state index is 11.4. The van der Waals surface area contributed by atoms with E-state index < -0.39 is 0 Å². The smallest absolute Gasteiger partial charge is 0.309 e. The molecule has 5 nitrogen and oxygen atoms in total. The van der Waals surface area contributed by atoms with Crippen molar-refractivity contribution < 1.29 is 14.3 Å². The lowest BCUT2D eigenvalue weighted by Crippen LogP contribution is -2.10. The summed E-state index contributed by atoms with van der Waals surface area (Å²) in [6.07, 6.45) is 3.64. The molecule has 0 amide bonds. The first-order valence-electron chi connectivity index (χ1n) is 6.41. The third-order valence-corrected chi connectivity index (χ3v) is 3.25. The van der Waals surface area contributed by atoms with Crippen molar-refractivity contribution in [3.8, 4) is 0 Å². The van der Waals surface area contributed by atoms with Gasteiger partial charge in [-0.3, -0.25) is 14.2 Å². The Hall–Kier alpha value is -2.09. The van der Waals surface area contributed by atoms with E-state index in [0.717, 1.165) is 11.1 Å². The van der Waals surface area contributed by atoms with Crippen LogP contribution in [0.25, 0.3) is 4.85 Å². The molecule has 100 valence electrons. The van der Waals surface area contributed by atoms with Gasteiger partial charge in [-0.1, -0.05) is 6.57 Å². The zero-order valence-electron chi connectivity index (χ0n) is 10.9. The second kappa shape index (κ2) is 5.70. The number of hydrogen-bond acceptors (Lipinski definition) is 3. The van der Waals surface area contributed by atoms with Crippen molar-refractivity contribution in [1.29, 1.82) is 0 Å². The Morgan fingerprint density at radius 2 is 2.32 bits per heavy atom. The predicted molar refractivity (Wildman–Crippen MR) is 69.0 cm³/mol. The van der Waals surface area contributed by atoms with Crippen molar-refractivity contribution in [3.05, 3.63) is 28.7 Å². The van der Waals surface area contributed by atoms with E-state index >= 15 is 0 Å². The quantitative estimate of drug-likeness (QED) is 0.615. The van der Waals surface area contributed by atoms with Gasteiger partial charge in [-0.25, -0.2) is 0 Å². The van der Waals surface area contributed by atoms with E-state index in [1.54, 1.807) is 11.5 Å². The number of nitrogens with zero attached hydrogens (tertiary/aromatic N) is 2. The number of esters is 1. The molecule has 0 fully saturated rings. The second-order valence-corrected chi connectivity index (χ2v) is 4.53. The Balaban J connectivity index is 2.15. The van der Waals surface area contributed by atoms with Gasteiger partial charge in [0, 0.05) is 12.8 Å². The molecule has 0 atom stereocenters. The minimum atomic E-state index is -0.263. The van der Waals surface area contributed by atoms with E-state index in [2.05, 4.69) is 4.85 Å². The molecular weight excluding hydrogens is 244 g/mol. The molecule has 1 aromatic rings. The molecule has 0 aliphatic heterocycles. The normalized spacial score (nSPS) is 13.8. The van der Waals surface area contributed by atoms with Crippen LogP contribution in [0.1, 0.15) is 30.9 Å². The van der Waals surface area contributed by atoms with Crippen LogP contribution in [0.2, 0.25) is 0 Å². The van der Waals surface area contributed by atoms with Crippen molar-refractivity contribution in [2.24, 2.45) is 0 Å². The Morgan fingerprint density at radius 1 is 1.53 bits per heavy atom. The molecule has 1 heterocycles. The molecule has 1 aromatic heterocycles. The molecule has 0 spiro atoms. The SMILES string of the molecule is [C-]#[N+]c1c2c(cn1CCC(=O)OCC)CC(=O)CC2. The van der Waals surface area contributed by atoms with Crippen LogP contribution >= 0.6 is 0 Å². The molecule has 0 unspecified atom stereocenters. The van der Waals surface area contributed by atoms with Gasteiger partial charge in [0.1, 0.15) is 5.78 Å². The fourth-order valence-electron chi connectivity index (χ4n) is 2.38. The zero-order valence-corrected chi connectivity index (χ0v) is 10.9. The van der Waals surface area contributed by atoms with Crippen LogP contribution in [0, 0.1) is 6.57 Å². The van der Waals surface area contributed by atoms with Gasteiger partial charge in [-0.05, 0) is 24.5 Å². The van der Waals surface area contributed by atoms with Crippen LogP contribution in [-0.4, -0.2) is 22.9 Å². The molecule has 1 aliphatic carbocycles. The number of ether oxygens (including phenoxy) is 1. The second-order valence-electron chi connectivity index (χ2n) is 4.53. The molecule has 0 radical (unpaired) electrons. The third kappa shape index (κ3) is 2.84. The average Bonchev–Trinajstić information content (AvgIpc) is 2.73. The Kier molecular flexibility index (Phi) is 4.00. The maximum atomic E-state index is 11.4. The summed E-state index contributed by atoms with van der Waals surface area (Å²) in [6, 6.07) is 0. The minimum Gasteiger partial charge on any atom is -0.466 e. The number of ketones is 1. The summed E-state index contributed by atoms with van der Waals surface area (Å²) in [5.74, 6) is 0.513. The minimum absolute atomic E-state index is 0.214. The number of aryl methyl sites for hydroxylation is 1. The molecule has 5 heteroatoms. The molecule has 0 aromatic carbocycles. The van der Waals surface area contributed by atoms with E-state index in [1.165, 1.54) is 0 Å². The Morgan fingerprint density at radius 3 is 3.00 bits per heavy atom. The van der Waals surface area contributed by atoms with Crippen LogP contribution < -0.4 is 0 Å². The monoisotopic (exact) mass is 260 g/mol. The van der Waals surface area contributed by atoms with Gasteiger partial charge in [0.15, 0.2) is 0 Å². The van der Waals surface area contributed by atoms with Gasteiger partial charge in [0.25, 0.3) is 0 Å². The van der Waals surface area contributed by atoms with Gasteiger partial charge in [-0.2, -0.15) is 0 Å². The number of carbonyl (C=O) groups excluding carboxylic acids is 2. The summed E-state index contributed by atoms with van der Waals surface area (Å²) < 4.78 is 6.64. The van der Waals surface area contributed by atoms with E-state index in [9.17, 15) is 9.59 Å². The summed E-state index contributed by atoms with van der Waals surface area (Å²) in [7, 11) is 0. The van der Waals surface area contributed by atoms with Gasteiger partial charge in [-0.15, -0.1) is 0 Å². The predicted octanol–water partition coefficient (Wildman–Crippen LogP) is 2.05. The molecule has 2 rings (SSSR count). The number of hydrogen-bond donors (Lipinski definition) is 0. The highest BCUT2D eigenvalue weighted by Gasteiger charge is 2.23. The summed E-state index contributed by atoms with van der Waals surface area (Å²) in [5.41, 5.74) is 1.91. The van der Waals surface area contributed by atoms with Gasteiger partial charge < -0.3 is 9.58 Å². The highest BCUT2D eigenvalue weighted by molar-refractivity contribution is 5.84. The van der Waals surface area contributed by atoms with Crippen LogP contribution in [0.3, 0.4) is 0 Å². The van der Waals surface area contributed by atoms with Crippen molar-refractivity contribution in [1.82, 2.24) is 4.57 Å². The number of carbonyl (C=O) groups is 2. The molecular formula is C14H16N2O3. The van der Waals surface area contributed by atoms with Crippen LogP contribution in [-0.2, 0) is 33.7 Å². The van der Waals surface area contributed by atoms with Crippen LogP contribution in [0.4, 0.5) is 5.82 Å². The summed E-state index contributed by atoms with van der Waals surface area (Å²) >= 11 is 0. The highest BCUT2D eigenvalue weighted by Crippen LogP contribution is 2.31. The molecule has 0 saturated carbocycles. The van der Waals surface area contributed by atoms with Crippen molar-refractivity contribution in [2.75, 3.05) is 6.61 Å². The average molecular weight is 260 g/mol. The molecule has 0 bridgehead atoms. The highest BCUT2D eigenvalue weighted by atomic mass is 16.5. The molecule has 0 N–H and O–H groups in total. The van der Waals surface area contributed by atoms with E-state index in [-0.39, 0.29) is 18.2 Å². The van der Waals surface area contributed by atoms with Gasteiger partial charge in [0.05, 0.1) is 25.8 Å². The van der Waals surface area contributed by atoms with E-state index in [4.69, 9.17) is 11.3 Å². The third-order valence-electron chi connectivity index (χ3n) is 3.25. The van der Waals surface area contributed by atoms with Crippen molar-refractivity contribution >= 4 is 17.6 Å². The molecule has 1 aliphatic rings.